The molecule has 4 aromatic rings. The van der Waals surface area contributed by atoms with Gasteiger partial charge in [0.05, 0.1) is 13.7 Å². The molecule has 0 fully saturated rings. The summed E-state index contributed by atoms with van der Waals surface area (Å²) in [5, 5.41) is 9.18. The Morgan fingerprint density at radius 3 is 2.47 bits per heavy atom. The molecule has 32 heavy (non-hydrogen) atoms. The lowest BCUT2D eigenvalue weighted by molar-refractivity contribution is 0.277. The molecule has 166 valence electrons. The fraction of sp³-hybridized carbons (Fsp3) is 0.261. The van der Waals surface area contributed by atoms with Crippen LogP contribution in [0.3, 0.4) is 0 Å². The standard InChI is InChI=1S/C23H24N4O5/c1-25-20-19(21(29)26(23(25)30)12-7-13-28)27(15-16-8-4-3-5-9-16)22(24-20)32-18-11-6-10-17(14-18)31-2/h3-6,8-11,14,28H,7,12-13,15H2,1-2H3. The molecule has 2 aromatic carbocycles. The fourth-order valence-corrected chi connectivity index (χ4v) is 3.54. The monoisotopic (exact) mass is 436 g/mol. The van der Waals surface area contributed by atoms with E-state index in [1.54, 1.807) is 43.0 Å². The van der Waals surface area contributed by atoms with Gasteiger partial charge in [-0.15, -0.1) is 0 Å². The number of aliphatic hydroxyl groups excluding tert-OH is 1. The van der Waals surface area contributed by atoms with E-state index in [0.717, 1.165) is 10.1 Å². The van der Waals surface area contributed by atoms with E-state index >= 15 is 0 Å². The van der Waals surface area contributed by atoms with Crippen LogP contribution in [-0.4, -0.2) is 37.5 Å². The smallest absolute Gasteiger partial charge is 0.332 e. The highest BCUT2D eigenvalue weighted by molar-refractivity contribution is 5.72. The van der Waals surface area contributed by atoms with Gasteiger partial charge in [0.2, 0.25) is 0 Å². The normalized spacial score (nSPS) is 11.1. The minimum absolute atomic E-state index is 0.112. The van der Waals surface area contributed by atoms with Gasteiger partial charge in [-0.25, -0.2) is 4.79 Å². The number of aromatic nitrogens is 4. The summed E-state index contributed by atoms with van der Waals surface area (Å²) in [6.45, 7) is 0.311. The van der Waals surface area contributed by atoms with Gasteiger partial charge < -0.3 is 14.6 Å². The predicted octanol–water partition coefficient (Wildman–Crippen LogP) is 2.13. The van der Waals surface area contributed by atoms with Crippen molar-refractivity contribution < 1.29 is 14.6 Å². The number of rotatable bonds is 8. The van der Waals surface area contributed by atoms with Crippen LogP contribution >= 0.6 is 0 Å². The molecule has 2 aromatic heterocycles. The van der Waals surface area contributed by atoms with Gasteiger partial charge in [-0.3, -0.25) is 18.5 Å². The number of benzene rings is 2. The van der Waals surface area contributed by atoms with Gasteiger partial charge >= 0.3 is 11.7 Å². The average molecular weight is 436 g/mol. The van der Waals surface area contributed by atoms with Crippen LogP contribution in [0.5, 0.6) is 17.5 Å². The zero-order valence-corrected chi connectivity index (χ0v) is 17.9. The topological polar surface area (TPSA) is 101 Å². The lowest BCUT2D eigenvalue weighted by Crippen LogP contribution is -2.39. The highest BCUT2D eigenvalue weighted by atomic mass is 16.5. The highest BCUT2D eigenvalue weighted by Crippen LogP contribution is 2.27. The molecule has 1 N–H and O–H groups in total. The molecular weight excluding hydrogens is 412 g/mol. The Kier molecular flexibility index (Phi) is 6.09. The van der Waals surface area contributed by atoms with Crippen molar-refractivity contribution >= 4 is 11.2 Å². The van der Waals surface area contributed by atoms with E-state index < -0.39 is 11.2 Å². The number of aryl methyl sites for hydroxylation is 1. The predicted molar refractivity (Wildman–Crippen MR) is 120 cm³/mol. The summed E-state index contributed by atoms with van der Waals surface area (Å²) >= 11 is 0. The molecule has 4 rings (SSSR count). The molecule has 9 nitrogen and oxygen atoms in total. The zero-order chi connectivity index (χ0) is 22.7. The number of ether oxygens (including phenoxy) is 2. The van der Waals surface area contributed by atoms with Crippen molar-refractivity contribution in [2.45, 2.75) is 19.5 Å². The molecule has 0 aliphatic rings. The molecule has 0 unspecified atom stereocenters. The van der Waals surface area contributed by atoms with E-state index in [1.165, 1.54) is 4.57 Å². The second-order valence-corrected chi connectivity index (χ2v) is 7.29. The summed E-state index contributed by atoms with van der Waals surface area (Å²) in [7, 11) is 3.13. The minimum Gasteiger partial charge on any atom is -0.497 e. The Hall–Kier alpha value is -3.85. The zero-order valence-electron chi connectivity index (χ0n) is 17.9. The number of fused-ring (bicyclic) bond motifs is 1. The number of aliphatic hydroxyl groups is 1. The highest BCUT2D eigenvalue weighted by Gasteiger charge is 2.22. The van der Waals surface area contributed by atoms with E-state index in [-0.39, 0.29) is 30.3 Å². The van der Waals surface area contributed by atoms with Crippen molar-refractivity contribution in [2.24, 2.45) is 7.05 Å². The van der Waals surface area contributed by atoms with E-state index in [0.29, 0.717) is 24.5 Å². The van der Waals surface area contributed by atoms with Crippen molar-refractivity contribution in [2.75, 3.05) is 13.7 Å². The molecule has 9 heteroatoms. The van der Waals surface area contributed by atoms with Crippen molar-refractivity contribution in [1.82, 2.24) is 18.7 Å². The molecule has 0 saturated carbocycles. The summed E-state index contributed by atoms with van der Waals surface area (Å²) in [5.74, 6) is 1.10. The first kappa shape index (κ1) is 21.4. The molecule has 2 heterocycles. The quantitative estimate of drug-likeness (QED) is 0.454. The molecule has 0 amide bonds. The van der Waals surface area contributed by atoms with Crippen molar-refractivity contribution in [3.8, 4) is 17.5 Å². The summed E-state index contributed by atoms with van der Waals surface area (Å²) in [6, 6.07) is 16.8. The molecule has 0 spiro atoms. The first-order valence-corrected chi connectivity index (χ1v) is 10.2. The van der Waals surface area contributed by atoms with Crippen LogP contribution in [0.2, 0.25) is 0 Å². The first-order valence-electron chi connectivity index (χ1n) is 10.2. The lowest BCUT2D eigenvalue weighted by atomic mass is 10.2. The first-order chi connectivity index (χ1) is 15.5. The number of hydrogen-bond donors (Lipinski definition) is 1. The summed E-state index contributed by atoms with van der Waals surface area (Å²) in [6.07, 6.45) is 0.292. The van der Waals surface area contributed by atoms with Gasteiger partial charge in [0, 0.05) is 26.3 Å². The third kappa shape index (κ3) is 4.02. The minimum atomic E-state index is -0.492. The van der Waals surface area contributed by atoms with E-state index in [1.807, 2.05) is 30.3 Å². The van der Waals surface area contributed by atoms with Crippen molar-refractivity contribution in [3.63, 3.8) is 0 Å². The Morgan fingerprint density at radius 1 is 1.00 bits per heavy atom. The molecule has 0 aliphatic heterocycles. The second kappa shape index (κ2) is 9.11. The largest absolute Gasteiger partial charge is 0.497 e. The number of imidazole rings is 1. The van der Waals surface area contributed by atoms with Crippen LogP contribution in [0.25, 0.3) is 11.2 Å². The Balaban J connectivity index is 1.92. The van der Waals surface area contributed by atoms with Crippen LogP contribution in [0.1, 0.15) is 12.0 Å². The SMILES string of the molecule is COc1cccc(Oc2nc3c(c(=O)n(CCCO)c(=O)n3C)n2Cc2ccccc2)c1. The van der Waals surface area contributed by atoms with Crippen LogP contribution in [-0.2, 0) is 20.1 Å². The number of nitrogens with zero attached hydrogens (tertiary/aromatic N) is 4. The Morgan fingerprint density at radius 2 is 1.75 bits per heavy atom. The van der Waals surface area contributed by atoms with Gasteiger partial charge in [0.1, 0.15) is 11.5 Å². The van der Waals surface area contributed by atoms with Gasteiger partial charge in [-0.05, 0) is 24.1 Å². The third-order valence-electron chi connectivity index (χ3n) is 5.17. The maximum absolute atomic E-state index is 13.3. The van der Waals surface area contributed by atoms with Gasteiger partial charge in [0.15, 0.2) is 11.2 Å². The van der Waals surface area contributed by atoms with Gasteiger partial charge in [-0.2, -0.15) is 4.98 Å². The maximum atomic E-state index is 13.3. The summed E-state index contributed by atoms with van der Waals surface area (Å²) < 4.78 is 15.4. The molecule has 0 bridgehead atoms. The van der Waals surface area contributed by atoms with Gasteiger partial charge in [-0.1, -0.05) is 36.4 Å². The number of hydrogen-bond acceptors (Lipinski definition) is 6. The summed E-state index contributed by atoms with van der Waals surface area (Å²) in [4.78, 5) is 30.6. The summed E-state index contributed by atoms with van der Waals surface area (Å²) in [5.41, 5.74) is 0.465. The van der Waals surface area contributed by atoms with Crippen molar-refractivity contribution in [1.29, 1.82) is 0 Å². The fourth-order valence-electron chi connectivity index (χ4n) is 3.54. The van der Waals surface area contributed by atoms with Crippen LogP contribution in [0.15, 0.2) is 64.2 Å². The molecule has 0 saturated heterocycles. The second-order valence-electron chi connectivity index (χ2n) is 7.29. The molecule has 0 radical (unpaired) electrons. The Labute approximate surface area is 183 Å². The van der Waals surface area contributed by atoms with Crippen LogP contribution in [0, 0.1) is 0 Å². The van der Waals surface area contributed by atoms with E-state index in [9.17, 15) is 14.7 Å². The number of methoxy groups -OCH3 is 1. The third-order valence-corrected chi connectivity index (χ3v) is 5.17. The van der Waals surface area contributed by atoms with Crippen LogP contribution < -0.4 is 20.7 Å². The molecule has 0 atom stereocenters. The Bertz CT molecular complexity index is 1350. The lowest BCUT2D eigenvalue weighted by Gasteiger charge is -2.11. The average Bonchev–Trinajstić information content (AvgIpc) is 3.16. The van der Waals surface area contributed by atoms with Crippen molar-refractivity contribution in [3.05, 3.63) is 81.0 Å². The molecule has 0 aliphatic carbocycles. The van der Waals surface area contributed by atoms with E-state index in [4.69, 9.17) is 9.47 Å². The van der Waals surface area contributed by atoms with E-state index in [2.05, 4.69) is 4.98 Å². The molecular formula is C23H24N4O5. The maximum Gasteiger partial charge on any atom is 0.332 e. The van der Waals surface area contributed by atoms with Gasteiger partial charge in [0.25, 0.3) is 5.56 Å². The van der Waals surface area contributed by atoms with Crippen LogP contribution in [0.4, 0.5) is 0 Å².